The van der Waals surface area contributed by atoms with E-state index in [9.17, 15) is 24.0 Å². The van der Waals surface area contributed by atoms with Crippen molar-refractivity contribution in [3.63, 3.8) is 0 Å². The fraction of sp³-hybridized carbons (Fsp3) is 0.688. The summed E-state index contributed by atoms with van der Waals surface area (Å²) >= 11 is 0. The fourth-order valence-electron chi connectivity index (χ4n) is 2.40. The van der Waals surface area contributed by atoms with Gasteiger partial charge in [0.15, 0.2) is 0 Å². The summed E-state index contributed by atoms with van der Waals surface area (Å²) in [5.41, 5.74) is 0. The minimum atomic E-state index is -1.13. The van der Waals surface area contributed by atoms with Crippen molar-refractivity contribution in [2.75, 3.05) is 73.0 Å². The van der Waals surface area contributed by atoms with Crippen LogP contribution >= 0.6 is 0 Å². The van der Waals surface area contributed by atoms with Crippen LogP contribution in [0.2, 0.25) is 0 Å². The van der Waals surface area contributed by atoms with Gasteiger partial charge in [0.1, 0.15) is 0 Å². The van der Waals surface area contributed by atoms with Crippen LogP contribution in [0.15, 0.2) is 0 Å². The second kappa shape index (κ2) is 17.3. The van der Waals surface area contributed by atoms with E-state index < -0.39 is 31.0 Å². The number of hydrogen-bond acceptors (Lipinski definition) is 8. The summed E-state index contributed by atoms with van der Waals surface area (Å²) in [6.07, 6.45) is 0. The van der Waals surface area contributed by atoms with E-state index in [1.807, 2.05) is 0 Å². The molecule has 0 aliphatic rings. The first-order chi connectivity index (χ1) is 13.6. The molecule has 0 spiro atoms. The van der Waals surface area contributed by atoms with E-state index in [-0.39, 0.29) is 97.6 Å². The van der Waals surface area contributed by atoms with E-state index in [4.69, 9.17) is 15.3 Å². The predicted molar refractivity (Wildman–Crippen MR) is 100 cm³/mol. The monoisotopic (exact) mass is 577 g/mol. The maximum atomic E-state index is 11.5. The molecule has 2 amide bonds. The van der Waals surface area contributed by atoms with Gasteiger partial charge in [0.05, 0.1) is 32.7 Å². The van der Waals surface area contributed by atoms with Gasteiger partial charge in [-0.3, -0.25) is 38.7 Å². The van der Waals surface area contributed by atoms with Crippen LogP contribution in [-0.2, 0) is 24.0 Å². The topological polar surface area (TPSA) is 180 Å². The predicted octanol–water partition coefficient (Wildman–Crippen LogP) is -3.36. The van der Waals surface area contributed by atoms with Gasteiger partial charge >= 0.3 is 17.9 Å². The molecule has 14 heteroatoms. The van der Waals surface area contributed by atoms with Gasteiger partial charge in [-0.25, -0.2) is 0 Å². The fourth-order valence-corrected chi connectivity index (χ4v) is 2.40. The van der Waals surface area contributed by atoms with E-state index in [0.29, 0.717) is 0 Å². The number of carboxylic acid groups (broad SMARTS) is 3. The number of nitrogens with zero attached hydrogens (tertiary/aromatic N) is 3. The van der Waals surface area contributed by atoms with E-state index in [0.717, 1.165) is 0 Å². The molecule has 0 aliphatic heterocycles. The second-order valence-electron chi connectivity index (χ2n) is 6.23. The summed E-state index contributed by atoms with van der Waals surface area (Å²) in [6.45, 7) is -0.969. The van der Waals surface area contributed by atoms with Crippen LogP contribution in [0, 0.1) is 39.9 Å². The smallest absolute Gasteiger partial charge is 0.317 e. The molecule has 0 aromatic carbocycles. The average Bonchev–Trinajstić information content (AvgIpc) is 2.61. The number of rotatable bonds is 16. The number of amides is 2. The Balaban J connectivity index is 0. The number of carboxylic acids is 3. The molecular formula is C16H29GdN5O8. The van der Waals surface area contributed by atoms with Crippen LogP contribution in [0.3, 0.4) is 0 Å². The number of hydrogen-bond donors (Lipinski definition) is 5. The van der Waals surface area contributed by atoms with Gasteiger partial charge in [-0.2, -0.15) is 0 Å². The summed E-state index contributed by atoms with van der Waals surface area (Å²) < 4.78 is 0. The maximum absolute atomic E-state index is 11.5. The first kappa shape index (κ1) is 30.7. The molecular weight excluding hydrogens is 547 g/mol. The summed E-state index contributed by atoms with van der Waals surface area (Å²) in [7, 11) is 2.84. The van der Waals surface area contributed by atoms with Crippen molar-refractivity contribution in [1.29, 1.82) is 0 Å². The molecule has 0 fully saturated rings. The third-order valence-electron chi connectivity index (χ3n) is 3.83. The van der Waals surface area contributed by atoms with Crippen molar-refractivity contribution in [3.8, 4) is 0 Å². The van der Waals surface area contributed by atoms with Gasteiger partial charge in [0, 0.05) is 80.2 Å². The van der Waals surface area contributed by atoms with Gasteiger partial charge in [-0.15, -0.1) is 0 Å². The van der Waals surface area contributed by atoms with Crippen molar-refractivity contribution in [1.82, 2.24) is 25.3 Å². The molecule has 0 radical (unpaired) electrons. The summed E-state index contributed by atoms with van der Waals surface area (Å²) in [6, 6.07) is 0. The Morgan fingerprint density at radius 2 is 0.833 bits per heavy atom. The summed E-state index contributed by atoms with van der Waals surface area (Å²) in [5.74, 6) is -4.13. The minimum absolute atomic E-state index is 0. The van der Waals surface area contributed by atoms with Crippen molar-refractivity contribution in [2.45, 2.75) is 0 Å². The number of aliphatic carboxylic acids is 3. The Bertz CT molecular complexity index is 550. The number of likely N-dealkylation sites (N-methyl/N-ethyl adjacent to an activating group) is 2. The van der Waals surface area contributed by atoms with Crippen LogP contribution in [0.1, 0.15) is 0 Å². The maximum Gasteiger partial charge on any atom is 0.317 e. The molecule has 5 N–H and O–H groups in total. The molecule has 30 heavy (non-hydrogen) atoms. The third kappa shape index (κ3) is 16.4. The van der Waals surface area contributed by atoms with Gasteiger partial charge in [0.25, 0.3) is 0 Å². The van der Waals surface area contributed by atoms with Crippen molar-refractivity contribution in [3.05, 3.63) is 0 Å². The Labute approximate surface area is 206 Å². The van der Waals surface area contributed by atoms with Gasteiger partial charge < -0.3 is 26.0 Å². The number of carbonyl (C=O) groups excluding carboxylic acids is 2. The Morgan fingerprint density at radius 3 is 1.10 bits per heavy atom. The van der Waals surface area contributed by atoms with Crippen LogP contribution in [0.4, 0.5) is 0 Å². The Kier molecular flexibility index (Phi) is 17.7. The van der Waals surface area contributed by atoms with E-state index in [1.165, 1.54) is 28.8 Å². The van der Waals surface area contributed by atoms with Crippen LogP contribution in [-0.4, -0.2) is 133 Å². The quantitative estimate of drug-likeness (QED) is 0.124. The Hall–Kier alpha value is -1.45. The molecule has 13 nitrogen and oxygen atoms in total. The first-order valence-corrected chi connectivity index (χ1v) is 8.81. The first-order valence-electron chi connectivity index (χ1n) is 8.81. The minimum Gasteiger partial charge on any atom is -0.480 e. The zero-order valence-corrected chi connectivity index (χ0v) is 19.2. The van der Waals surface area contributed by atoms with Crippen LogP contribution in [0.25, 0.3) is 0 Å². The number of carbonyl (C=O) groups is 5. The largest absolute Gasteiger partial charge is 0.480 e. The van der Waals surface area contributed by atoms with E-state index in [2.05, 4.69) is 10.6 Å². The van der Waals surface area contributed by atoms with E-state index >= 15 is 0 Å². The molecule has 0 rings (SSSR count). The molecule has 174 valence electrons. The number of nitrogens with one attached hydrogen (secondary N) is 2. The zero-order chi connectivity index (χ0) is 22.4. The molecule has 0 aliphatic carbocycles. The molecule has 0 saturated heterocycles. The van der Waals surface area contributed by atoms with Crippen LogP contribution < -0.4 is 10.6 Å². The Morgan fingerprint density at radius 1 is 0.567 bits per heavy atom. The van der Waals surface area contributed by atoms with Crippen molar-refractivity contribution >= 4 is 29.7 Å². The molecule has 0 saturated carbocycles. The van der Waals surface area contributed by atoms with Crippen LogP contribution in [0.5, 0.6) is 0 Å². The standard InChI is InChI=1S/C16H29N5O8.Gd/c1-17-12(22)7-20(10-15(26)27)5-3-19(9-14(24)25)4-6-21(11-16(28)29)8-13(23)18-2;/h3-11H2,1-2H3,(H,17,22)(H,18,23)(H,24,25)(H,26,27)(H,28,29);. The van der Waals surface area contributed by atoms with Crippen molar-refractivity contribution < 1.29 is 79.2 Å². The molecule has 0 heterocycles. The summed E-state index contributed by atoms with van der Waals surface area (Å²) in [4.78, 5) is 60.3. The third-order valence-corrected chi connectivity index (χ3v) is 3.83. The molecule has 0 bridgehead atoms. The molecule has 0 aromatic heterocycles. The van der Waals surface area contributed by atoms with Crippen molar-refractivity contribution in [2.24, 2.45) is 0 Å². The molecule has 0 atom stereocenters. The summed E-state index contributed by atoms with van der Waals surface area (Å²) in [5, 5.41) is 31.8. The van der Waals surface area contributed by atoms with Gasteiger partial charge in [0.2, 0.25) is 11.8 Å². The zero-order valence-electron chi connectivity index (χ0n) is 16.9. The second-order valence-corrected chi connectivity index (χ2v) is 6.23. The van der Waals surface area contributed by atoms with Gasteiger partial charge in [-0.1, -0.05) is 0 Å². The van der Waals surface area contributed by atoms with E-state index in [1.54, 1.807) is 0 Å². The SMILES string of the molecule is CNC(=O)CN(CCN(CCN(CC(=O)O)CC(=O)NC)CC(=O)O)CC(=O)O.[Gd]. The molecule has 0 unspecified atom stereocenters. The van der Waals surface area contributed by atoms with Gasteiger partial charge in [-0.05, 0) is 0 Å². The average molecular weight is 577 g/mol. The molecule has 0 aromatic rings. The normalized spacial score (nSPS) is 10.6.